The fourth-order valence-electron chi connectivity index (χ4n) is 3.97. The Morgan fingerprint density at radius 1 is 1.10 bits per heavy atom. The molecule has 3 rings (SSSR count). The van der Waals surface area contributed by atoms with Crippen molar-refractivity contribution in [1.82, 2.24) is 4.90 Å². The van der Waals surface area contributed by atoms with Gasteiger partial charge in [-0.3, -0.25) is 0 Å². The van der Waals surface area contributed by atoms with E-state index >= 15 is 0 Å². The normalized spacial score (nSPS) is 27.4. The van der Waals surface area contributed by atoms with Gasteiger partial charge in [0, 0.05) is 5.54 Å². The topological polar surface area (TPSA) is 29.3 Å². The molecule has 1 saturated heterocycles. The highest BCUT2D eigenvalue weighted by atomic mass is 15.1. The summed E-state index contributed by atoms with van der Waals surface area (Å²) in [5, 5.41) is 0. The highest BCUT2D eigenvalue weighted by molar-refractivity contribution is 5.32. The van der Waals surface area contributed by atoms with E-state index in [-0.39, 0.29) is 5.54 Å². The average molecular weight is 272 g/mol. The van der Waals surface area contributed by atoms with Gasteiger partial charge in [-0.05, 0) is 69.3 Å². The number of nitrogens with zero attached hydrogens (tertiary/aromatic N) is 1. The van der Waals surface area contributed by atoms with E-state index in [1.165, 1.54) is 56.3 Å². The Balaban J connectivity index is 1.80. The summed E-state index contributed by atoms with van der Waals surface area (Å²) in [6, 6.07) is 9.21. The van der Waals surface area contributed by atoms with Crippen molar-refractivity contribution in [3.05, 3.63) is 35.4 Å². The van der Waals surface area contributed by atoms with Gasteiger partial charge in [-0.2, -0.15) is 0 Å². The van der Waals surface area contributed by atoms with Gasteiger partial charge in [0.25, 0.3) is 0 Å². The van der Waals surface area contributed by atoms with Crippen LogP contribution in [0.5, 0.6) is 0 Å². The largest absolute Gasteiger partial charge is 0.321 e. The average Bonchev–Trinajstić information content (AvgIpc) is 2.79. The van der Waals surface area contributed by atoms with Crippen LogP contribution < -0.4 is 5.73 Å². The molecule has 1 aromatic carbocycles. The summed E-state index contributed by atoms with van der Waals surface area (Å²) >= 11 is 0. The molecular formula is C18H28N2. The molecule has 20 heavy (non-hydrogen) atoms. The molecule has 2 heteroatoms. The van der Waals surface area contributed by atoms with Gasteiger partial charge in [-0.1, -0.05) is 37.1 Å². The second-order valence-electron chi connectivity index (χ2n) is 6.92. The number of benzene rings is 1. The maximum atomic E-state index is 6.62. The molecule has 1 heterocycles. The van der Waals surface area contributed by atoms with Crippen LogP contribution in [0.1, 0.15) is 62.0 Å². The molecule has 1 atom stereocenters. The summed E-state index contributed by atoms with van der Waals surface area (Å²) < 4.78 is 0. The standard InChI is InChI=1S/C18H28N2/c1-20-12-5-7-15(9-13-20)16-6-4-8-17(14-16)18(19)10-2-3-11-18/h4,6,8,14-15H,2-3,5,7,9-13,19H2,1H3. The summed E-state index contributed by atoms with van der Waals surface area (Å²) in [5.41, 5.74) is 9.48. The molecule has 0 radical (unpaired) electrons. The van der Waals surface area contributed by atoms with Gasteiger partial charge in [0.2, 0.25) is 0 Å². The minimum Gasteiger partial charge on any atom is -0.321 e. The van der Waals surface area contributed by atoms with E-state index in [1.807, 2.05) is 0 Å². The van der Waals surface area contributed by atoms with E-state index in [2.05, 4.69) is 36.2 Å². The lowest BCUT2D eigenvalue weighted by molar-refractivity contribution is 0.347. The smallest absolute Gasteiger partial charge is 0.0409 e. The van der Waals surface area contributed by atoms with Crippen LogP contribution in [0.4, 0.5) is 0 Å². The highest BCUT2D eigenvalue weighted by Gasteiger charge is 2.31. The van der Waals surface area contributed by atoms with Gasteiger partial charge in [0.05, 0.1) is 0 Å². The molecule has 1 aromatic rings. The van der Waals surface area contributed by atoms with Crippen LogP contribution in [0.25, 0.3) is 0 Å². The first-order chi connectivity index (χ1) is 9.67. The number of nitrogens with two attached hydrogens (primary N) is 1. The van der Waals surface area contributed by atoms with Crippen LogP contribution in [0.3, 0.4) is 0 Å². The van der Waals surface area contributed by atoms with E-state index in [4.69, 9.17) is 5.73 Å². The molecule has 2 aliphatic rings. The molecule has 1 aliphatic heterocycles. The lowest BCUT2D eigenvalue weighted by atomic mass is 9.84. The maximum absolute atomic E-state index is 6.62. The third-order valence-electron chi connectivity index (χ3n) is 5.38. The number of hydrogen-bond acceptors (Lipinski definition) is 2. The van der Waals surface area contributed by atoms with Gasteiger partial charge in [-0.25, -0.2) is 0 Å². The summed E-state index contributed by atoms with van der Waals surface area (Å²) in [6.07, 6.45) is 8.82. The van der Waals surface area contributed by atoms with Crippen LogP contribution in [0.15, 0.2) is 24.3 Å². The number of rotatable bonds is 2. The molecule has 2 nitrogen and oxygen atoms in total. The molecule has 110 valence electrons. The number of hydrogen-bond donors (Lipinski definition) is 1. The van der Waals surface area contributed by atoms with Gasteiger partial charge in [-0.15, -0.1) is 0 Å². The zero-order valence-corrected chi connectivity index (χ0v) is 12.8. The van der Waals surface area contributed by atoms with Crippen molar-refractivity contribution < 1.29 is 0 Å². The van der Waals surface area contributed by atoms with Crippen molar-refractivity contribution in [2.75, 3.05) is 20.1 Å². The Hall–Kier alpha value is -0.860. The summed E-state index contributed by atoms with van der Waals surface area (Å²) in [4.78, 5) is 2.46. The summed E-state index contributed by atoms with van der Waals surface area (Å²) in [6.45, 7) is 2.47. The predicted molar refractivity (Wildman–Crippen MR) is 84.9 cm³/mol. The zero-order valence-electron chi connectivity index (χ0n) is 12.8. The van der Waals surface area contributed by atoms with Crippen LogP contribution in [-0.2, 0) is 5.54 Å². The van der Waals surface area contributed by atoms with Gasteiger partial charge in [0.1, 0.15) is 0 Å². The Labute approximate surface area is 123 Å². The second kappa shape index (κ2) is 5.87. The van der Waals surface area contributed by atoms with Crippen molar-refractivity contribution in [2.45, 2.75) is 56.4 Å². The first-order valence-electron chi connectivity index (χ1n) is 8.25. The van der Waals surface area contributed by atoms with Crippen molar-refractivity contribution in [2.24, 2.45) is 5.73 Å². The zero-order chi connectivity index (χ0) is 14.0. The number of likely N-dealkylation sites (tertiary alicyclic amines) is 1. The quantitative estimate of drug-likeness (QED) is 0.891. The van der Waals surface area contributed by atoms with Crippen LogP contribution in [0.2, 0.25) is 0 Å². The van der Waals surface area contributed by atoms with E-state index in [0.29, 0.717) is 0 Å². The predicted octanol–water partition coefficient (Wildman–Crippen LogP) is 3.61. The minimum atomic E-state index is -0.0441. The Morgan fingerprint density at radius 3 is 2.70 bits per heavy atom. The van der Waals surface area contributed by atoms with E-state index in [0.717, 1.165) is 18.8 Å². The molecular weight excluding hydrogens is 244 g/mol. The van der Waals surface area contributed by atoms with Crippen molar-refractivity contribution >= 4 is 0 Å². The Kier molecular flexibility index (Phi) is 4.13. The molecule has 0 aromatic heterocycles. The van der Waals surface area contributed by atoms with Gasteiger partial charge >= 0.3 is 0 Å². The monoisotopic (exact) mass is 272 g/mol. The van der Waals surface area contributed by atoms with Crippen molar-refractivity contribution in [3.8, 4) is 0 Å². The first-order valence-corrected chi connectivity index (χ1v) is 8.25. The SMILES string of the molecule is CN1CCCC(c2cccc(C3(N)CCCC3)c2)CC1. The van der Waals surface area contributed by atoms with Crippen LogP contribution >= 0.6 is 0 Å². The minimum absolute atomic E-state index is 0.0441. The first kappa shape index (κ1) is 14.1. The fourth-order valence-corrected chi connectivity index (χ4v) is 3.97. The van der Waals surface area contributed by atoms with E-state index < -0.39 is 0 Å². The van der Waals surface area contributed by atoms with E-state index in [9.17, 15) is 0 Å². The van der Waals surface area contributed by atoms with Gasteiger partial charge < -0.3 is 10.6 Å². The second-order valence-corrected chi connectivity index (χ2v) is 6.92. The van der Waals surface area contributed by atoms with Crippen molar-refractivity contribution in [1.29, 1.82) is 0 Å². The van der Waals surface area contributed by atoms with Crippen molar-refractivity contribution in [3.63, 3.8) is 0 Å². The Morgan fingerprint density at radius 2 is 1.90 bits per heavy atom. The molecule has 0 amide bonds. The fraction of sp³-hybridized carbons (Fsp3) is 0.667. The lowest BCUT2D eigenvalue weighted by Gasteiger charge is -2.26. The molecule has 0 bridgehead atoms. The molecule has 1 aliphatic carbocycles. The summed E-state index contributed by atoms with van der Waals surface area (Å²) in [7, 11) is 2.24. The lowest BCUT2D eigenvalue weighted by Crippen LogP contribution is -2.33. The summed E-state index contributed by atoms with van der Waals surface area (Å²) in [5.74, 6) is 0.727. The molecule has 1 unspecified atom stereocenters. The third kappa shape index (κ3) is 2.91. The van der Waals surface area contributed by atoms with E-state index in [1.54, 1.807) is 0 Å². The molecule has 2 N–H and O–H groups in total. The molecule has 0 spiro atoms. The highest BCUT2D eigenvalue weighted by Crippen LogP contribution is 2.38. The van der Waals surface area contributed by atoms with Crippen LogP contribution in [-0.4, -0.2) is 25.0 Å². The van der Waals surface area contributed by atoms with Crippen LogP contribution in [0, 0.1) is 0 Å². The Bertz CT molecular complexity index is 448. The maximum Gasteiger partial charge on any atom is 0.0409 e. The third-order valence-corrected chi connectivity index (χ3v) is 5.38. The van der Waals surface area contributed by atoms with Gasteiger partial charge in [0.15, 0.2) is 0 Å². The molecule has 1 saturated carbocycles. The molecule has 2 fully saturated rings.